The molecule has 1 aliphatic rings. The fourth-order valence-electron chi connectivity index (χ4n) is 1.72. The smallest absolute Gasteiger partial charge is 0.325 e. The van der Waals surface area contributed by atoms with Gasteiger partial charge in [-0.25, -0.2) is 0 Å². The fraction of sp³-hybridized carbons (Fsp3) is 0.692. The zero-order valence-electron chi connectivity index (χ0n) is 12.0. The molecule has 7 nitrogen and oxygen atoms in total. The molecule has 7 heteroatoms. The lowest BCUT2D eigenvalue weighted by molar-refractivity contribution is -0.154. The summed E-state index contributed by atoms with van der Waals surface area (Å²) in [6, 6.07) is 0. The van der Waals surface area contributed by atoms with Gasteiger partial charge in [0.25, 0.3) is 0 Å². The van der Waals surface area contributed by atoms with Crippen LogP contribution in [0.1, 0.15) is 40.0 Å². The van der Waals surface area contributed by atoms with Crippen molar-refractivity contribution in [1.29, 1.82) is 0 Å². The molecular weight excluding hydrogens is 264 g/mol. The molecule has 0 aromatic carbocycles. The summed E-state index contributed by atoms with van der Waals surface area (Å²) < 4.78 is 5.03. The first kappa shape index (κ1) is 16.1. The van der Waals surface area contributed by atoms with Crippen LogP contribution >= 0.6 is 0 Å². The Bertz CT molecular complexity index is 409. The van der Waals surface area contributed by atoms with E-state index in [0.29, 0.717) is 0 Å². The van der Waals surface area contributed by atoms with Crippen LogP contribution in [-0.2, 0) is 23.9 Å². The molecule has 0 aliphatic carbocycles. The number of likely N-dealkylation sites (tertiary alicyclic amines) is 1. The summed E-state index contributed by atoms with van der Waals surface area (Å²) in [6.07, 6.45) is 0.400. The molecule has 0 saturated carbocycles. The van der Waals surface area contributed by atoms with Gasteiger partial charge in [-0.1, -0.05) is 0 Å². The van der Waals surface area contributed by atoms with E-state index in [4.69, 9.17) is 4.74 Å². The number of nitrogens with zero attached hydrogens (tertiary/aromatic N) is 1. The Hall–Kier alpha value is -1.92. The fourth-order valence-corrected chi connectivity index (χ4v) is 1.72. The molecule has 0 spiro atoms. The standard InChI is InChI=1S/C13H20N2O5/c1-13(2,3)20-12(19)8-14-9(16)6-7-15-10(17)4-5-11(15)18/h4-8H2,1-3H3,(H,14,16). The lowest BCUT2D eigenvalue weighted by atomic mass is 10.2. The van der Waals surface area contributed by atoms with Crippen LogP contribution in [0.4, 0.5) is 0 Å². The van der Waals surface area contributed by atoms with E-state index in [1.807, 2.05) is 0 Å². The summed E-state index contributed by atoms with van der Waals surface area (Å²) in [5.74, 6) is -1.44. The van der Waals surface area contributed by atoms with Crippen molar-refractivity contribution in [2.24, 2.45) is 0 Å². The molecule has 0 aromatic rings. The molecule has 1 aliphatic heterocycles. The Morgan fingerprint density at radius 2 is 1.75 bits per heavy atom. The van der Waals surface area contributed by atoms with Crippen LogP contribution in [-0.4, -0.2) is 47.3 Å². The Balaban J connectivity index is 2.26. The van der Waals surface area contributed by atoms with Crippen molar-refractivity contribution in [1.82, 2.24) is 10.2 Å². The summed E-state index contributed by atoms with van der Waals surface area (Å²) in [7, 11) is 0. The van der Waals surface area contributed by atoms with Crippen molar-refractivity contribution in [3.63, 3.8) is 0 Å². The Kier molecular flexibility index (Phi) is 5.24. The maximum atomic E-state index is 11.5. The highest BCUT2D eigenvalue weighted by molar-refractivity contribution is 6.02. The van der Waals surface area contributed by atoms with Gasteiger partial charge in [-0.15, -0.1) is 0 Å². The number of carbonyl (C=O) groups is 4. The first-order chi connectivity index (χ1) is 9.19. The van der Waals surface area contributed by atoms with Crippen molar-refractivity contribution in [3.8, 4) is 0 Å². The Morgan fingerprint density at radius 1 is 1.20 bits per heavy atom. The second-order valence-corrected chi connectivity index (χ2v) is 5.55. The minimum Gasteiger partial charge on any atom is -0.459 e. The van der Waals surface area contributed by atoms with Crippen molar-refractivity contribution in [2.45, 2.75) is 45.6 Å². The van der Waals surface area contributed by atoms with Gasteiger partial charge in [0.15, 0.2) is 0 Å². The monoisotopic (exact) mass is 284 g/mol. The molecular formula is C13H20N2O5. The summed E-state index contributed by atoms with van der Waals surface area (Å²) in [6.45, 7) is 5.03. The molecule has 1 rings (SSSR count). The molecule has 1 saturated heterocycles. The Morgan fingerprint density at radius 3 is 2.25 bits per heavy atom. The topological polar surface area (TPSA) is 92.8 Å². The predicted molar refractivity (Wildman–Crippen MR) is 69.4 cm³/mol. The summed E-state index contributed by atoms with van der Waals surface area (Å²) in [4.78, 5) is 46.6. The lowest BCUT2D eigenvalue weighted by Crippen LogP contribution is -2.37. The van der Waals surface area contributed by atoms with Crippen LogP contribution in [0, 0.1) is 0 Å². The van der Waals surface area contributed by atoms with Crippen molar-refractivity contribution >= 4 is 23.7 Å². The average Bonchev–Trinajstić information content (AvgIpc) is 2.62. The zero-order chi connectivity index (χ0) is 15.3. The normalized spacial score (nSPS) is 15.4. The molecule has 0 unspecified atom stereocenters. The molecule has 1 heterocycles. The van der Waals surface area contributed by atoms with E-state index >= 15 is 0 Å². The molecule has 0 atom stereocenters. The van der Waals surface area contributed by atoms with Crippen LogP contribution in [0.2, 0.25) is 0 Å². The largest absolute Gasteiger partial charge is 0.459 e. The van der Waals surface area contributed by atoms with Gasteiger partial charge >= 0.3 is 5.97 Å². The quantitative estimate of drug-likeness (QED) is 0.566. The Labute approximate surface area is 117 Å². The third kappa shape index (κ3) is 5.38. The number of carbonyl (C=O) groups excluding carboxylic acids is 4. The van der Waals surface area contributed by atoms with Gasteiger partial charge < -0.3 is 10.1 Å². The molecule has 1 N–H and O–H groups in total. The molecule has 0 radical (unpaired) electrons. The van der Waals surface area contributed by atoms with Gasteiger partial charge in [-0.2, -0.15) is 0 Å². The van der Waals surface area contributed by atoms with E-state index in [2.05, 4.69) is 5.32 Å². The van der Waals surface area contributed by atoms with Crippen LogP contribution < -0.4 is 5.32 Å². The summed E-state index contributed by atoms with van der Waals surface area (Å²) in [5.41, 5.74) is -0.601. The highest BCUT2D eigenvalue weighted by atomic mass is 16.6. The lowest BCUT2D eigenvalue weighted by Gasteiger charge is -2.19. The van der Waals surface area contributed by atoms with Crippen molar-refractivity contribution in [2.75, 3.05) is 13.1 Å². The first-order valence-electron chi connectivity index (χ1n) is 6.51. The SMILES string of the molecule is CC(C)(C)OC(=O)CNC(=O)CCN1C(=O)CCC1=O. The van der Waals surface area contributed by atoms with Crippen molar-refractivity contribution < 1.29 is 23.9 Å². The summed E-state index contributed by atoms with van der Waals surface area (Å²) >= 11 is 0. The number of ether oxygens (including phenoxy) is 1. The van der Waals surface area contributed by atoms with Gasteiger partial charge in [-0.3, -0.25) is 24.1 Å². The maximum Gasteiger partial charge on any atom is 0.325 e. The number of rotatable bonds is 5. The van der Waals surface area contributed by atoms with Crippen LogP contribution in [0.25, 0.3) is 0 Å². The van der Waals surface area contributed by atoms with Gasteiger partial charge in [0.1, 0.15) is 12.1 Å². The number of hydrogen-bond donors (Lipinski definition) is 1. The second kappa shape index (κ2) is 6.49. The number of amides is 3. The third-order valence-corrected chi connectivity index (χ3v) is 2.57. The number of imide groups is 1. The van der Waals surface area contributed by atoms with Crippen LogP contribution in [0.15, 0.2) is 0 Å². The van der Waals surface area contributed by atoms with E-state index in [1.165, 1.54) is 0 Å². The average molecular weight is 284 g/mol. The molecule has 20 heavy (non-hydrogen) atoms. The number of hydrogen-bond acceptors (Lipinski definition) is 5. The summed E-state index contributed by atoms with van der Waals surface area (Å²) in [5, 5.41) is 2.40. The molecule has 0 bridgehead atoms. The highest BCUT2D eigenvalue weighted by Gasteiger charge is 2.28. The number of nitrogens with one attached hydrogen (secondary N) is 1. The maximum absolute atomic E-state index is 11.5. The molecule has 3 amide bonds. The van der Waals surface area contributed by atoms with Gasteiger partial charge in [-0.05, 0) is 20.8 Å². The van der Waals surface area contributed by atoms with E-state index in [-0.39, 0.29) is 44.2 Å². The minimum absolute atomic E-state index is 0.0136. The first-order valence-corrected chi connectivity index (χ1v) is 6.51. The molecule has 112 valence electrons. The van der Waals surface area contributed by atoms with Crippen LogP contribution in [0.5, 0.6) is 0 Å². The van der Waals surface area contributed by atoms with Crippen LogP contribution in [0.3, 0.4) is 0 Å². The van der Waals surface area contributed by atoms with E-state index < -0.39 is 17.5 Å². The van der Waals surface area contributed by atoms with Gasteiger partial charge in [0, 0.05) is 25.8 Å². The van der Waals surface area contributed by atoms with Gasteiger partial charge in [0.2, 0.25) is 17.7 Å². The van der Waals surface area contributed by atoms with Gasteiger partial charge in [0.05, 0.1) is 0 Å². The van der Waals surface area contributed by atoms with E-state index in [0.717, 1.165) is 4.90 Å². The second-order valence-electron chi connectivity index (χ2n) is 5.55. The molecule has 1 fully saturated rings. The minimum atomic E-state index is -0.601. The highest BCUT2D eigenvalue weighted by Crippen LogP contribution is 2.11. The number of esters is 1. The third-order valence-electron chi connectivity index (χ3n) is 2.57. The molecule has 0 aromatic heterocycles. The van der Waals surface area contributed by atoms with Crippen molar-refractivity contribution in [3.05, 3.63) is 0 Å². The van der Waals surface area contributed by atoms with E-state index in [9.17, 15) is 19.2 Å². The predicted octanol–water partition coefficient (Wildman–Crippen LogP) is -0.0166. The van der Waals surface area contributed by atoms with E-state index in [1.54, 1.807) is 20.8 Å². The zero-order valence-corrected chi connectivity index (χ0v) is 12.0.